The molecule has 1 heterocycles. The van der Waals surface area contributed by atoms with E-state index in [4.69, 9.17) is 10.5 Å². The zero-order valence-corrected chi connectivity index (χ0v) is 9.24. The smallest absolute Gasteiger partial charge is 0.146 e. The lowest BCUT2D eigenvalue weighted by Gasteiger charge is -2.10. The minimum atomic E-state index is -0.391. The first-order chi connectivity index (χ1) is 8.27. The van der Waals surface area contributed by atoms with Gasteiger partial charge in [-0.05, 0) is 11.6 Å². The first-order valence-electron chi connectivity index (χ1n) is 5.56. The average Bonchev–Trinajstić information content (AvgIpc) is 2.81. The second kappa shape index (κ2) is 3.77. The van der Waals surface area contributed by atoms with Crippen molar-refractivity contribution in [1.29, 1.82) is 0 Å². The molecule has 2 N–H and O–H groups in total. The van der Waals surface area contributed by atoms with Crippen LogP contribution in [0.25, 0.3) is 11.1 Å². The molecule has 86 valence electrons. The van der Waals surface area contributed by atoms with Gasteiger partial charge in [-0.15, -0.1) is 0 Å². The Kier molecular flexibility index (Phi) is 2.25. The molecule has 3 rings (SSSR count). The lowest BCUT2D eigenvalue weighted by Crippen LogP contribution is -1.95. The molecule has 0 spiro atoms. The summed E-state index contributed by atoms with van der Waals surface area (Å²) in [6, 6.07) is 10.7. The molecule has 0 aliphatic carbocycles. The van der Waals surface area contributed by atoms with Crippen molar-refractivity contribution in [2.24, 2.45) is 0 Å². The highest BCUT2D eigenvalue weighted by Crippen LogP contribution is 2.39. The highest BCUT2D eigenvalue weighted by Gasteiger charge is 2.18. The van der Waals surface area contributed by atoms with E-state index in [-0.39, 0.29) is 5.69 Å². The predicted molar refractivity (Wildman–Crippen MR) is 65.4 cm³/mol. The minimum absolute atomic E-state index is 0.177. The molecule has 1 aliphatic rings. The van der Waals surface area contributed by atoms with Crippen molar-refractivity contribution in [3.8, 4) is 16.9 Å². The minimum Gasteiger partial charge on any atom is -0.492 e. The zero-order chi connectivity index (χ0) is 11.8. The second-order valence-electron chi connectivity index (χ2n) is 4.09. The van der Waals surface area contributed by atoms with E-state index in [1.54, 1.807) is 6.07 Å². The highest BCUT2D eigenvalue weighted by atomic mass is 19.1. The summed E-state index contributed by atoms with van der Waals surface area (Å²) in [6.45, 7) is 0.682. The molecule has 2 nitrogen and oxygen atoms in total. The van der Waals surface area contributed by atoms with Gasteiger partial charge in [-0.3, -0.25) is 0 Å². The summed E-state index contributed by atoms with van der Waals surface area (Å²) in [4.78, 5) is 0. The molecular formula is C14H12FNO. The van der Waals surface area contributed by atoms with Gasteiger partial charge in [-0.2, -0.15) is 0 Å². The summed E-state index contributed by atoms with van der Waals surface area (Å²) in [7, 11) is 0. The van der Waals surface area contributed by atoms with Gasteiger partial charge >= 0.3 is 0 Å². The van der Waals surface area contributed by atoms with Crippen LogP contribution in [0.15, 0.2) is 36.4 Å². The molecule has 0 saturated heterocycles. The number of nitrogens with two attached hydrogens (primary N) is 1. The van der Waals surface area contributed by atoms with Gasteiger partial charge in [0.1, 0.15) is 11.6 Å². The third kappa shape index (κ3) is 1.55. The largest absolute Gasteiger partial charge is 0.492 e. The van der Waals surface area contributed by atoms with Gasteiger partial charge in [-0.25, -0.2) is 4.39 Å². The molecule has 2 aromatic rings. The van der Waals surface area contributed by atoms with Gasteiger partial charge in [0.05, 0.1) is 12.3 Å². The van der Waals surface area contributed by atoms with Crippen LogP contribution in [0.4, 0.5) is 10.1 Å². The number of anilines is 1. The van der Waals surface area contributed by atoms with Crippen LogP contribution in [0.3, 0.4) is 0 Å². The first-order valence-corrected chi connectivity index (χ1v) is 5.56. The van der Waals surface area contributed by atoms with Crippen molar-refractivity contribution in [2.45, 2.75) is 6.42 Å². The Morgan fingerprint density at radius 3 is 2.71 bits per heavy atom. The van der Waals surface area contributed by atoms with Gasteiger partial charge in [0.2, 0.25) is 0 Å². The van der Waals surface area contributed by atoms with Crippen molar-refractivity contribution < 1.29 is 9.13 Å². The van der Waals surface area contributed by atoms with Gasteiger partial charge in [0, 0.05) is 17.5 Å². The van der Waals surface area contributed by atoms with E-state index in [1.807, 2.05) is 24.3 Å². The number of nitrogen functional groups attached to an aromatic ring is 1. The van der Waals surface area contributed by atoms with Gasteiger partial charge in [0.15, 0.2) is 0 Å². The van der Waals surface area contributed by atoms with Crippen LogP contribution in [0.5, 0.6) is 5.75 Å². The van der Waals surface area contributed by atoms with E-state index in [1.165, 1.54) is 6.07 Å². The molecule has 0 radical (unpaired) electrons. The Bertz CT molecular complexity index is 580. The first kappa shape index (κ1) is 10.1. The second-order valence-corrected chi connectivity index (χ2v) is 4.09. The summed E-state index contributed by atoms with van der Waals surface area (Å²) >= 11 is 0. The lowest BCUT2D eigenvalue weighted by atomic mass is 10.00. The molecule has 0 bridgehead atoms. The van der Waals surface area contributed by atoms with Crippen molar-refractivity contribution in [1.82, 2.24) is 0 Å². The number of hydrogen-bond acceptors (Lipinski definition) is 2. The van der Waals surface area contributed by atoms with Crippen molar-refractivity contribution in [3.05, 3.63) is 47.8 Å². The topological polar surface area (TPSA) is 35.2 Å². The molecular weight excluding hydrogens is 217 g/mol. The maximum Gasteiger partial charge on any atom is 0.146 e. The van der Waals surface area contributed by atoms with Crippen LogP contribution in [0.2, 0.25) is 0 Å². The molecule has 0 aromatic heterocycles. The molecule has 0 unspecified atom stereocenters. The van der Waals surface area contributed by atoms with E-state index < -0.39 is 5.82 Å². The van der Waals surface area contributed by atoms with Gasteiger partial charge < -0.3 is 10.5 Å². The maximum absolute atomic E-state index is 13.5. The Balaban J connectivity index is 2.23. The molecule has 0 amide bonds. The van der Waals surface area contributed by atoms with E-state index in [0.29, 0.717) is 12.2 Å². The summed E-state index contributed by atoms with van der Waals surface area (Å²) < 4.78 is 19.1. The average molecular weight is 229 g/mol. The quantitative estimate of drug-likeness (QED) is 0.763. The molecule has 0 fully saturated rings. The summed E-state index contributed by atoms with van der Waals surface area (Å²) in [5.41, 5.74) is 8.68. The highest BCUT2D eigenvalue weighted by molar-refractivity contribution is 5.82. The number of para-hydroxylation sites is 2. The van der Waals surface area contributed by atoms with Gasteiger partial charge in [-0.1, -0.05) is 30.3 Å². The maximum atomic E-state index is 13.5. The van der Waals surface area contributed by atoms with Gasteiger partial charge in [0.25, 0.3) is 0 Å². The van der Waals surface area contributed by atoms with E-state index >= 15 is 0 Å². The van der Waals surface area contributed by atoms with Crippen LogP contribution in [-0.2, 0) is 6.42 Å². The van der Waals surface area contributed by atoms with Crippen LogP contribution in [-0.4, -0.2) is 6.61 Å². The Morgan fingerprint density at radius 1 is 1.06 bits per heavy atom. The molecule has 1 aliphatic heterocycles. The fourth-order valence-corrected chi connectivity index (χ4v) is 2.20. The normalized spacial score (nSPS) is 13.2. The van der Waals surface area contributed by atoms with Crippen LogP contribution >= 0.6 is 0 Å². The van der Waals surface area contributed by atoms with E-state index in [9.17, 15) is 4.39 Å². The molecule has 0 atom stereocenters. The lowest BCUT2D eigenvalue weighted by molar-refractivity contribution is 0.358. The third-order valence-corrected chi connectivity index (χ3v) is 3.06. The van der Waals surface area contributed by atoms with E-state index in [0.717, 1.165) is 23.3 Å². The number of halogens is 1. The predicted octanol–water partition coefficient (Wildman–Crippen LogP) is 3.01. The Labute approximate surface area is 98.8 Å². The number of fused-ring (bicyclic) bond motifs is 1. The zero-order valence-electron chi connectivity index (χ0n) is 9.24. The number of ether oxygens (including phenoxy) is 1. The monoisotopic (exact) mass is 229 g/mol. The molecule has 2 aromatic carbocycles. The fourth-order valence-electron chi connectivity index (χ4n) is 2.20. The third-order valence-electron chi connectivity index (χ3n) is 3.06. The van der Waals surface area contributed by atoms with Crippen LogP contribution in [0.1, 0.15) is 5.56 Å². The standard InChI is InChI=1S/C14H12FNO/c15-12-6-2-4-10(13(12)16)11-5-1-3-9-7-8-17-14(9)11/h1-6H,7-8,16H2. The van der Waals surface area contributed by atoms with Crippen LogP contribution in [0, 0.1) is 5.82 Å². The summed E-state index contributed by atoms with van der Waals surface area (Å²) in [6.07, 6.45) is 0.901. The molecule has 3 heteroatoms. The Hall–Kier alpha value is -2.03. The van der Waals surface area contributed by atoms with Crippen molar-refractivity contribution >= 4 is 5.69 Å². The number of hydrogen-bond donors (Lipinski definition) is 1. The van der Waals surface area contributed by atoms with Crippen molar-refractivity contribution in [2.75, 3.05) is 12.3 Å². The SMILES string of the molecule is Nc1c(F)cccc1-c1cccc2c1OCC2. The van der Waals surface area contributed by atoms with Crippen LogP contribution < -0.4 is 10.5 Å². The summed E-state index contributed by atoms with van der Waals surface area (Å²) in [5, 5.41) is 0. The number of benzene rings is 2. The van der Waals surface area contributed by atoms with E-state index in [2.05, 4.69) is 0 Å². The Morgan fingerprint density at radius 2 is 1.82 bits per heavy atom. The summed E-state index contributed by atoms with van der Waals surface area (Å²) in [5.74, 6) is 0.447. The molecule has 17 heavy (non-hydrogen) atoms. The fraction of sp³-hybridized carbons (Fsp3) is 0.143. The molecule has 0 saturated carbocycles. The number of rotatable bonds is 1. The van der Waals surface area contributed by atoms with Crippen molar-refractivity contribution in [3.63, 3.8) is 0 Å².